The summed E-state index contributed by atoms with van der Waals surface area (Å²) in [4.78, 5) is 15.1. The molecule has 0 bridgehead atoms. The Kier molecular flexibility index (Phi) is 4.10. The molecule has 2 aromatic rings. The summed E-state index contributed by atoms with van der Waals surface area (Å²) in [5.74, 6) is -0.639. The van der Waals surface area contributed by atoms with Crippen LogP contribution in [0.25, 0.3) is 11.3 Å². The number of rotatable bonds is 5. The minimum Gasteiger partial charge on any atom is -0.481 e. The number of carboxylic acid groups (broad SMARTS) is 1. The number of aliphatic carboxylic acids is 1. The van der Waals surface area contributed by atoms with Gasteiger partial charge in [0.2, 0.25) is 0 Å². The highest BCUT2D eigenvalue weighted by molar-refractivity contribution is 5.69. The van der Waals surface area contributed by atoms with Gasteiger partial charge in [-0.25, -0.2) is 9.37 Å². The maximum Gasteiger partial charge on any atom is 0.303 e. The summed E-state index contributed by atoms with van der Waals surface area (Å²) in [5.41, 5.74) is 2.40. The van der Waals surface area contributed by atoms with Crippen molar-refractivity contribution in [2.24, 2.45) is 5.92 Å². The van der Waals surface area contributed by atoms with E-state index in [0.29, 0.717) is 32.1 Å². The first-order valence-electron chi connectivity index (χ1n) is 9.08. The molecule has 132 valence electrons. The molecule has 1 N–H and O–H groups in total. The standard InChI is InChI=1S/C20H23FN2O2/c21-20(8-5-14(6-9-20)11-19(24)25)10-7-17-15-3-1-2-4-16(15)18-12-22-13-23(17)18/h1-4,12-14,17H,5-11H2,(H,24,25)/t14?,17-,20?/m1/s1. The minimum absolute atomic E-state index is 0.133. The highest BCUT2D eigenvalue weighted by atomic mass is 19.1. The van der Waals surface area contributed by atoms with Crippen molar-refractivity contribution in [1.82, 2.24) is 9.55 Å². The molecule has 0 amide bonds. The predicted octanol–water partition coefficient (Wildman–Crippen LogP) is 4.61. The second-order valence-electron chi connectivity index (χ2n) is 7.52. The maximum absolute atomic E-state index is 15.2. The Balaban J connectivity index is 1.43. The first-order valence-corrected chi connectivity index (χ1v) is 9.08. The Hall–Kier alpha value is -2.17. The van der Waals surface area contributed by atoms with Crippen LogP contribution in [-0.2, 0) is 4.79 Å². The third kappa shape index (κ3) is 3.08. The van der Waals surface area contributed by atoms with Gasteiger partial charge in [-0.05, 0) is 50.0 Å². The van der Waals surface area contributed by atoms with Gasteiger partial charge in [-0.2, -0.15) is 0 Å². The van der Waals surface area contributed by atoms with Gasteiger partial charge in [0.15, 0.2) is 0 Å². The Morgan fingerprint density at radius 2 is 2.08 bits per heavy atom. The summed E-state index contributed by atoms with van der Waals surface area (Å²) in [6.07, 6.45) is 7.48. The van der Waals surface area contributed by atoms with E-state index < -0.39 is 11.6 Å². The van der Waals surface area contributed by atoms with Crippen molar-refractivity contribution in [1.29, 1.82) is 0 Å². The van der Waals surface area contributed by atoms with Crippen molar-refractivity contribution < 1.29 is 14.3 Å². The Bertz CT molecular complexity index is 778. The monoisotopic (exact) mass is 342 g/mol. The van der Waals surface area contributed by atoms with Crippen molar-refractivity contribution in [3.63, 3.8) is 0 Å². The van der Waals surface area contributed by atoms with Crippen molar-refractivity contribution in [2.75, 3.05) is 0 Å². The van der Waals surface area contributed by atoms with Crippen LogP contribution in [0.2, 0.25) is 0 Å². The number of fused-ring (bicyclic) bond motifs is 3. The number of hydrogen-bond donors (Lipinski definition) is 1. The van der Waals surface area contributed by atoms with Crippen LogP contribution in [0, 0.1) is 5.92 Å². The van der Waals surface area contributed by atoms with Crippen LogP contribution in [0.5, 0.6) is 0 Å². The molecule has 1 aromatic heterocycles. The summed E-state index contributed by atoms with van der Waals surface area (Å²) < 4.78 is 17.4. The zero-order valence-electron chi connectivity index (χ0n) is 14.2. The fraction of sp³-hybridized carbons (Fsp3) is 0.500. The number of alkyl halides is 1. The van der Waals surface area contributed by atoms with E-state index in [4.69, 9.17) is 5.11 Å². The van der Waals surface area contributed by atoms with E-state index >= 15 is 4.39 Å². The zero-order valence-corrected chi connectivity index (χ0v) is 14.2. The molecule has 1 atom stereocenters. The number of benzene rings is 1. The molecule has 0 radical (unpaired) electrons. The Labute approximate surface area is 146 Å². The largest absolute Gasteiger partial charge is 0.481 e. The highest BCUT2D eigenvalue weighted by Crippen LogP contribution is 2.45. The van der Waals surface area contributed by atoms with E-state index in [1.165, 1.54) is 11.1 Å². The molecular formula is C20H23FN2O2. The number of carbonyl (C=O) groups is 1. The lowest BCUT2D eigenvalue weighted by Crippen LogP contribution is -2.31. The molecule has 0 saturated heterocycles. The SMILES string of the molecule is O=C(O)CC1CCC(F)(CC[C@@H]2c3ccccc3-c3cncn32)CC1. The molecule has 1 fully saturated rings. The number of aromatic nitrogens is 2. The van der Waals surface area contributed by atoms with E-state index in [2.05, 4.69) is 21.7 Å². The van der Waals surface area contributed by atoms with Crippen LogP contribution in [0.1, 0.15) is 56.6 Å². The average Bonchev–Trinajstić information content (AvgIpc) is 3.16. The lowest BCUT2D eigenvalue weighted by molar-refractivity contribution is -0.138. The van der Waals surface area contributed by atoms with E-state index in [-0.39, 0.29) is 18.4 Å². The molecule has 4 nitrogen and oxygen atoms in total. The molecular weight excluding hydrogens is 319 g/mol. The molecule has 1 aliphatic heterocycles. The van der Waals surface area contributed by atoms with Gasteiger partial charge in [0.25, 0.3) is 0 Å². The van der Waals surface area contributed by atoms with E-state index in [0.717, 1.165) is 12.1 Å². The van der Waals surface area contributed by atoms with Crippen molar-refractivity contribution in [3.05, 3.63) is 42.4 Å². The van der Waals surface area contributed by atoms with E-state index in [1.807, 2.05) is 24.7 Å². The van der Waals surface area contributed by atoms with E-state index in [9.17, 15) is 4.79 Å². The summed E-state index contributed by atoms with van der Waals surface area (Å²) in [6.45, 7) is 0. The van der Waals surface area contributed by atoms with Crippen LogP contribution >= 0.6 is 0 Å². The van der Waals surface area contributed by atoms with Gasteiger partial charge in [-0.1, -0.05) is 24.3 Å². The molecule has 1 aliphatic carbocycles. The van der Waals surface area contributed by atoms with Crippen molar-refractivity contribution >= 4 is 5.97 Å². The topological polar surface area (TPSA) is 55.1 Å². The lowest BCUT2D eigenvalue weighted by atomic mass is 9.76. The Morgan fingerprint density at radius 3 is 2.84 bits per heavy atom. The maximum atomic E-state index is 15.2. The van der Waals surface area contributed by atoms with Crippen LogP contribution in [0.15, 0.2) is 36.8 Å². The van der Waals surface area contributed by atoms with Gasteiger partial charge in [-0.15, -0.1) is 0 Å². The van der Waals surface area contributed by atoms with Gasteiger partial charge in [-0.3, -0.25) is 4.79 Å². The number of hydrogen-bond acceptors (Lipinski definition) is 2. The number of halogens is 1. The van der Waals surface area contributed by atoms with Crippen LogP contribution < -0.4 is 0 Å². The molecule has 0 unspecified atom stereocenters. The van der Waals surface area contributed by atoms with Crippen LogP contribution in [-0.4, -0.2) is 26.3 Å². The quantitative estimate of drug-likeness (QED) is 0.863. The Morgan fingerprint density at radius 1 is 1.32 bits per heavy atom. The summed E-state index contributed by atoms with van der Waals surface area (Å²) >= 11 is 0. The molecule has 4 rings (SSSR count). The lowest BCUT2D eigenvalue weighted by Gasteiger charge is -2.34. The molecule has 1 saturated carbocycles. The van der Waals surface area contributed by atoms with Crippen LogP contribution in [0.4, 0.5) is 4.39 Å². The van der Waals surface area contributed by atoms with E-state index in [1.54, 1.807) is 0 Å². The minimum atomic E-state index is -1.16. The summed E-state index contributed by atoms with van der Waals surface area (Å²) in [5, 5.41) is 8.91. The first-order chi connectivity index (χ1) is 12.1. The molecule has 0 spiro atoms. The molecule has 2 aliphatic rings. The normalized spacial score (nSPS) is 27.7. The molecule has 1 aromatic carbocycles. The molecule has 25 heavy (non-hydrogen) atoms. The third-order valence-electron chi connectivity index (χ3n) is 5.93. The summed E-state index contributed by atoms with van der Waals surface area (Å²) in [6, 6.07) is 8.44. The van der Waals surface area contributed by atoms with Gasteiger partial charge in [0.1, 0.15) is 5.67 Å². The molecule has 5 heteroatoms. The average molecular weight is 342 g/mol. The van der Waals surface area contributed by atoms with Gasteiger partial charge >= 0.3 is 5.97 Å². The van der Waals surface area contributed by atoms with Crippen molar-refractivity contribution in [3.8, 4) is 11.3 Å². The predicted molar refractivity (Wildman–Crippen MR) is 93.1 cm³/mol. The second kappa shape index (κ2) is 6.28. The summed E-state index contributed by atoms with van der Waals surface area (Å²) in [7, 11) is 0. The second-order valence-corrected chi connectivity index (χ2v) is 7.52. The van der Waals surface area contributed by atoms with Gasteiger partial charge in [0, 0.05) is 12.0 Å². The van der Waals surface area contributed by atoms with Crippen LogP contribution in [0.3, 0.4) is 0 Å². The third-order valence-corrected chi connectivity index (χ3v) is 5.93. The fourth-order valence-electron chi connectivity index (χ4n) is 4.52. The number of carboxylic acids is 1. The fourth-order valence-corrected chi connectivity index (χ4v) is 4.52. The zero-order chi connectivity index (χ0) is 17.4. The first kappa shape index (κ1) is 16.3. The van der Waals surface area contributed by atoms with Gasteiger partial charge in [0.05, 0.1) is 24.3 Å². The smallest absolute Gasteiger partial charge is 0.303 e. The number of nitrogens with zero attached hydrogens (tertiary/aromatic N) is 2. The number of imidazole rings is 1. The van der Waals surface area contributed by atoms with Crippen molar-refractivity contribution in [2.45, 2.75) is 56.7 Å². The highest BCUT2D eigenvalue weighted by Gasteiger charge is 2.37. The van der Waals surface area contributed by atoms with Gasteiger partial charge < -0.3 is 9.67 Å². The molecule has 2 heterocycles.